The molecular formula is C22H31N7O. The van der Waals surface area contributed by atoms with E-state index in [0.29, 0.717) is 12.4 Å². The van der Waals surface area contributed by atoms with Crippen LogP contribution < -0.4 is 10.6 Å². The molecule has 2 heterocycles. The molecule has 160 valence electrons. The molecule has 0 radical (unpaired) electrons. The predicted molar refractivity (Wildman–Crippen MR) is 118 cm³/mol. The highest BCUT2D eigenvalue weighted by Gasteiger charge is 2.10. The smallest absolute Gasteiger partial charge is 0.226 e. The zero-order valence-corrected chi connectivity index (χ0v) is 18.4. The molecule has 0 bridgehead atoms. The first-order chi connectivity index (χ1) is 14.5. The summed E-state index contributed by atoms with van der Waals surface area (Å²) in [6.45, 7) is 9.59. The Kier molecular flexibility index (Phi) is 7.21. The molecule has 0 atom stereocenters. The second-order valence-electron chi connectivity index (χ2n) is 7.62. The van der Waals surface area contributed by atoms with Crippen LogP contribution in [-0.4, -0.2) is 39.5 Å². The Morgan fingerprint density at radius 3 is 2.67 bits per heavy atom. The minimum atomic E-state index is 0.279. The lowest BCUT2D eigenvalue weighted by Gasteiger charge is -2.15. The summed E-state index contributed by atoms with van der Waals surface area (Å²) < 4.78 is 7.27. The van der Waals surface area contributed by atoms with Gasteiger partial charge in [0.2, 0.25) is 5.89 Å². The quantitative estimate of drug-likeness (QED) is 0.337. The van der Waals surface area contributed by atoms with Crippen molar-refractivity contribution >= 4 is 5.96 Å². The molecule has 0 aliphatic heterocycles. The van der Waals surface area contributed by atoms with Crippen LogP contribution in [0.3, 0.4) is 0 Å². The Hall–Kier alpha value is -3.16. The highest BCUT2D eigenvalue weighted by atomic mass is 16.5. The number of hydrogen-bond acceptors (Lipinski definition) is 5. The Morgan fingerprint density at radius 2 is 2.00 bits per heavy atom. The molecule has 0 unspecified atom stereocenters. The number of aryl methyl sites for hydroxylation is 3. The summed E-state index contributed by atoms with van der Waals surface area (Å²) in [5, 5.41) is 15.3. The highest BCUT2D eigenvalue weighted by Crippen LogP contribution is 2.17. The van der Waals surface area contributed by atoms with Crippen molar-refractivity contribution in [3.8, 4) is 5.69 Å². The van der Waals surface area contributed by atoms with Crippen LogP contribution in [0.15, 0.2) is 39.8 Å². The number of nitrogens with one attached hydrogen (secondary N) is 2. The Bertz CT molecular complexity index is 987. The largest absolute Gasteiger partial charge is 0.356 e. The van der Waals surface area contributed by atoms with Gasteiger partial charge >= 0.3 is 0 Å². The van der Waals surface area contributed by atoms with Gasteiger partial charge in [0, 0.05) is 38.2 Å². The third-order valence-corrected chi connectivity index (χ3v) is 4.76. The maximum absolute atomic E-state index is 5.29. The minimum absolute atomic E-state index is 0.279. The summed E-state index contributed by atoms with van der Waals surface area (Å²) in [6, 6.07) is 10.3. The topological polar surface area (TPSA) is 93.2 Å². The van der Waals surface area contributed by atoms with Crippen LogP contribution >= 0.6 is 0 Å². The maximum atomic E-state index is 5.29. The summed E-state index contributed by atoms with van der Waals surface area (Å²) >= 11 is 0. The Morgan fingerprint density at radius 1 is 1.20 bits per heavy atom. The van der Waals surface area contributed by atoms with Crippen molar-refractivity contribution in [1.29, 1.82) is 0 Å². The van der Waals surface area contributed by atoms with E-state index in [1.165, 1.54) is 0 Å². The van der Waals surface area contributed by atoms with Crippen LogP contribution in [0, 0.1) is 13.8 Å². The first-order valence-electron chi connectivity index (χ1n) is 10.4. The number of hydrogen-bond donors (Lipinski definition) is 2. The first-order valence-corrected chi connectivity index (χ1v) is 10.4. The van der Waals surface area contributed by atoms with Crippen molar-refractivity contribution < 1.29 is 4.52 Å². The molecule has 3 aromatic rings. The molecule has 0 saturated heterocycles. The standard InChI is InChI=1S/C22H31N7O/c1-15(2)21-26-20(30-28-21)11-8-12-24-22(23-5)25-14-18-9-6-7-10-19(18)29-17(4)13-16(3)27-29/h6-7,9-10,13,15H,8,11-12,14H2,1-5H3,(H2,23,24,25). The van der Waals surface area contributed by atoms with Crippen LogP contribution in [-0.2, 0) is 13.0 Å². The number of nitrogens with zero attached hydrogens (tertiary/aromatic N) is 5. The molecule has 8 heteroatoms. The molecular weight excluding hydrogens is 378 g/mol. The van der Waals surface area contributed by atoms with Crippen LogP contribution in [0.25, 0.3) is 5.69 Å². The van der Waals surface area contributed by atoms with Gasteiger partial charge in [-0.15, -0.1) is 0 Å². The fourth-order valence-corrected chi connectivity index (χ4v) is 3.19. The van der Waals surface area contributed by atoms with Crippen molar-refractivity contribution in [2.45, 2.75) is 53.0 Å². The van der Waals surface area contributed by atoms with Crippen molar-refractivity contribution in [2.75, 3.05) is 13.6 Å². The lowest BCUT2D eigenvalue weighted by molar-refractivity contribution is 0.368. The molecule has 0 aliphatic rings. The third-order valence-electron chi connectivity index (χ3n) is 4.76. The van der Waals surface area contributed by atoms with E-state index < -0.39 is 0 Å². The summed E-state index contributed by atoms with van der Waals surface area (Å²) in [5.74, 6) is 2.48. The summed E-state index contributed by atoms with van der Waals surface area (Å²) in [6.07, 6.45) is 1.62. The van der Waals surface area contributed by atoms with E-state index in [9.17, 15) is 0 Å². The van der Waals surface area contributed by atoms with E-state index in [0.717, 1.165) is 53.8 Å². The van der Waals surface area contributed by atoms with Crippen LogP contribution in [0.2, 0.25) is 0 Å². The molecule has 3 rings (SSSR count). The first kappa shape index (κ1) is 21.5. The van der Waals surface area contributed by atoms with Gasteiger partial charge in [0.15, 0.2) is 11.8 Å². The lowest BCUT2D eigenvalue weighted by Crippen LogP contribution is -2.37. The molecule has 0 fully saturated rings. The normalized spacial score (nSPS) is 11.9. The van der Waals surface area contributed by atoms with E-state index in [2.05, 4.69) is 69.8 Å². The zero-order valence-electron chi connectivity index (χ0n) is 18.4. The van der Waals surface area contributed by atoms with Crippen molar-refractivity contribution in [3.63, 3.8) is 0 Å². The molecule has 1 aromatic carbocycles. The molecule has 2 aromatic heterocycles. The van der Waals surface area contributed by atoms with Crippen LogP contribution in [0.4, 0.5) is 0 Å². The molecule has 2 N–H and O–H groups in total. The fourth-order valence-electron chi connectivity index (χ4n) is 3.19. The second kappa shape index (κ2) is 10.0. The van der Waals surface area contributed by atoms with E-state index in [1.807, 2.05) is 23.7 Å². The third kappa shape index (κ3) is 5.46. The monoisotopic (exact) mass is 409 g/mol. The van der Waals surface area contributed by atoms with E-state index in [-0.39, 0.29) is 5.92 Å². The fraction of sp³-hybridized carbons (Fsp3) is 0.455. The molecule has 8 nitrogen and oxygen atoms in total. The van der Waals surface area contributed by atoms with Crippen molar-refractivity contribution in [3.05, 3.63) is 59.0 Å². The van der Waals surface area contributed by atoms with Gasteiger partial charge in [-0.2, -0.15) is 10.1 Å². The van der Waals surface area contributed by atoms with Gasteiger partial charge in [-0.1, -0.05) is 37.2 Å². The van der Waals surface area contributed by atoms with E-state index in [1.54, 1.807) is 7.05 Å². The zero-order chi connectivity index (χ0) is 21.5. The van der Waals surface area contributed by atoms with Gasteiger partial charge < -0.3 is 15.2 Å². The molecule has 0 aliphatic carbocycles. The van der Waals surface area contributed by atoms with E-state index >= 15 is 0 Å². The molecule has 0 saturated carbocycles. The minimum Gasteiger partial charge on any atom is -0.356 e. The predicted octanol–water partition coefficient (Wildman–Crippen LogP) is 3.29. The number of aromatic nitrogens is 4. The van der Waals surface area contributed by atoms with Gasteiger partial charge in [0.25, 0.3) is 0 Å². The number of aliphatic imine (C=N–C) groups is 1. The lowest BCUT2D eigenvalue weighted by atomic mass is 10.1. The number of guanidine groups is 1. The van der Waals surface area contributed by atoms with Gasteiger partial charge in [0.05, 0.1) is 11.4 Å². The molecule has 30 heavy (non-hydrogen) atoms. The summed E-state index contributed by atoms with van der Waals surface area (Å²) in [5.41, 5.74) is 4.35. The van der Waals surface area contributed by atoms with Crippen LogP contribution in [0.1, 0.15) is 54.9 Å². The highest BCUT2D eigenvalue weighted by molar-refractivity contribution is 5.79. The van der Waals surface area contributed by atoms with Gasteiger partial charge in [-0.05, 0) is 38.0 Å². The second-order valence-corrected chi connectivity index (χ2v) is 7.62. The number of rotatable bonds is 8. The van der Waals surface area contributed by atoms with Gasteiger partial charge in [-0.3, -0.25) is 4.99 Å². The SMILES string of the molecule is CN=C(NCCCc1nc(C(C)C)no1)NCc1ccccc1-n1nc(C)cc1C. The average Bonchev–Trinajstić information content (AvgIpc) is 3.34. The van der Waals surface area contributed by atoms with E-state index in [4.69, 9.17) is 4.52 Å². The van der Waals surface area contributed by atoms with Crippen LogP contribution in [0.5, 0.6) is 0 Å². The molecule has 0 spiro atoms. The summed E-state index contributed by atoms with van der Waals surface area (Å²) in [7, 11) is 1.77. The Labute approximate surface area is 177 Å². The number of benzene rings is 1. The van der Waals surface area contributed by atoms with Crippen molar-refractivity contribution in [1.82, 2.24) is 30.6 Å². The average molecular weight is 410 g/mol. The number of para-hydroxylation sites is 1. The molecule has 0 amide bonds. The summed E-state index contributed by atoms with van der Waals surface area (Å²) in [4.78, 5) is 8.73. The Balaban J connectivity index is 1.52. The van der Waals surface area contributed by atoms with Gasteiger partial charge in [0.1, 0.15) is 0 Å². The maximum Gasteiger partial charge on any atom is 0.226 e. The van der Waals surface area contributed by atoms with Gasteiger partial charge in [-0.25, -0.2) is 4.68 Å². The van der Waals surface area contributed by atoms with Crippen molar-refractivity contribution in [2.24, 2.45) is 4.99 Å².